The quantitative estimate of drug-likeness (QED) is 0.382. The fourth-order valence-corrected chi connectivity index (χ4v) is 2.50. The Bertz CT molecular complexity index is 661. The minimum atomic E-state index is -0.239. The van der Waals surface area contributed by atoms with Crippen LogP contribution in [0.25, 0.3) is 0 Å². The number of halogens is 2. The first-order valence-electron chi connectivity index (χ1n) is 8.06. The van der Waals surface area contributed by atoms with Crippen molar-refractivity contribution in [2.24, 2.45) is 10.7 Å². The summed E-state index contributed by atoms with van der Waals surface area (Å²) >= 11 is 0. The molecule has 2 rings (SSSR count). The van der Waals surface area contributed by atoms with E-state index in [1.165, 1.54) is 11.6 Å². The number of benzene rings is 2. The third-order valence-electron chi connectivity index (χ3n) is 3.85. The van der Waals surface area contributed by atoms with Gasteiger partial charge >= 0.3 is 0 Å². The molecule has 2 aromatic rings. The molecule has 2 aromatic carbocycles. The maximum atomic E-state index is 13.4. The third-order valence-corrected chi connectivity index (χ3v) is 3.85. The molecule has 136 valence electrons. The molecule has 0 radical (unpaired) electrons. The van der Waals surface area contributed by atoms with Crippen LogP contribution in [0.2, 0.25) is 0 Å². The van der Waals surface area contributed by atoms with Gasteiger partial charge in [0.25, 0.3) is 0 Å². The number of nitrogens with one attached hydrogen (secondary N) is 1. The maximum absolute atomic E-state index is 13.4. The van der Waals surface area contributed by atoms with Gasteiger partial charge < -0.3 is 16.0 Å². The van der Waals surface area contributed by atoms with E-state index in [1.54, 1.807) is 12.1 Å². The van der Waals surface area contributed by atoms with E-state index >= 15 is 0 Å². The molecule has 0 aliphatic heterocycles. The van der Waals surface area contributed by atoms with E-state index < -0.39 is 0 Å². The molecule has 0 amide bonds. The Kier molecular flexibility index (Phi) is 9.44. The smallest absolute Gasteiger partial charge is 0.188 e. The first-order valence-corrected chi connectivity index (χ1v) is 8.06. The Morgan fingerprint density at radius 3 is 2.52 bits per heavy atom. The number of guanidine groups is 1. The molecule has 6 heteroatoms. The second-order valence-electron chi connectivity index (χ2n) is 5.92. The molecule has 25 heavy (non-hydrogen) atoms. The monoisotopic (exact) mass is 456 g/mol. The summed E-state index contributed by atoms with van der Waals surface area (Å²) in [6.45, 7) is 1.20. The van der Waals surface area contributed by atoms with Gasteiger partial charge in [-0.15, -0.1) is 24.0 Å². The van der Waals surface area contributed by atoms with Crippen LogP contribution in [0.5, 0.6) is 0 Å². The zero-order chi connectivity index (χ0) is 17.4. The molecule has 0 heterocycles. The number of nitrogens with two attached hydrogens (primary N) is 1. The van der Waals surface area contributed by atoms with Gasteiger partial charge in [0.15, 0.2) is 5.96 Å². The molecule has 0 bridgehead atoms. The highest BCUT2D eigenvalue weighted by Gasteiger charge is 2.14. The van der Waals surface area contributed by atoms with E-state index in [-0.39, 0.29) is 35.8 Å². The number of aliphatic imine (C=N–C) groups is 1. The molecule has 0 aliphatic rings. The number of hydrogen-bond donors (Lipinski definition) is 2. The highest BCUT2D eigenvalue weighted by molar-refractivity contribution is 14.0. The highest BCUT2D eigenvalue weighted by Crippen LogP contribution is 2.19. The van der Waals surface area contributed by atoms with E-state index in [4.69, 9.17) is 5.73 Å². The maximum Gasteiger partial charge on any atom is 0.188 e. The van der Waals surface area contributed by atoms with Gasteiger partial charge in [0.1, 0.15) is 5.82 Å². The molecule has 0 fully saturated rings. The van der Waals surface area contributed by atoms with Gasteiger partial charge in [-0.2, -0.15) is 0 Å². The first-order chi connectivity index (χ1) is 11.6. The lowest BCUT2D eigenvalue weighted by atomic mass is 10.1. The third kappa shape index (κ3) is 7.39. The van der Waals surface area contributed by atoms with Crippen LogP contribution in [-0.4, -0.2) is 38.0 Å². The van der Waals surface area contributed by atoms with Crippen molar-refractivity contribution in [3.8, 4) is 0 Å². The van der Waals surface area contributed by atoms with Crippen LogP contribution in [0.15, 0.2) is 59.6 Å². The predicted octanol–water partition coefficient (Wildman–Crippen LogP) is 3.19. The van der Waals surface area contributed by atoms with Crippen LogP contribution in [-0.2, 0) is 6.42 Å². The van der Waals surface area contributed by atoms with Crippen molar-refractivity contribution < 1.29 is 4.39 Å². The Hall–Kier alpha value is -1.67. The van der Waals surface area contributed by atoms with Gasteiger partial charge in [0.2, 0.25) is 0 Å². The molecule has 0 spiro atoms. The molecular weight excluding hydrogens is 430 g/mol. The number of likely N-dealkylation sites (N-methyl/N-ethyl adjacent to an activating group) is 1. The predicted molar refractivity (Wildman–Crippen MR) is 113 cm³/mol. The summed E-state index contributed by atoms with van der Waals surface area (Å²) in [7, 11) is 3.90. The van der Waals surface area contributed by atoms with Crippen molar-refractivity contribution >= 4 is 29.9 Å². The minimum Gasteiger partial charge on any atom is -0.370 e. The fraction of sp³-hybridized carbons (Fsp3) is 0.316. The average molecular weight is 456 g/mol. The standard InChI is InChI=1S/C19H25FN4.HI/c1-24(2)18(16-9-6-10-17(20)13-16)14-23-19(21)22-12-11-15-7-4-3-5-8-15;/h3-10,13,18H,11-12,14H2,1-2H3,(H3,21,22,23);1H. The zero-order valence-corrected chi connectivity index (χ0v) is 17.0. The summed E-state index contributed by atoms with van der Waals surface area (Å²) in [6.07, 6.45) is 0.887. The van der Waals surface area contributed by atoms with Crippen molar-refractivity contribution in [3.05, 3.63) is 71.5 Å². The van der Waals surface area contributed by atoms with Crippen molar-refractivity contribution in [1.29, 1.82) is 0 Å². The molecule has 1 atom stereocenters. The van der Waals surface area contributed by atoms with Crippen LogP contribution in [0.3, 0.4) is 0 Å². The van der Waals surface area contributed by atoms with Gasteiger partial charge in [-0.1, -0.05) is 42.5 Å². The van der Waals surface area contributed by atoms with E-state index in [9.17, 15) is 4.39 Å². The van der Waals surface area contributed by atoms with Gasteiger partial charge in [-0.25, -0.2) is 4.39 Å². The van der Waals surface area contributed by atoms with Gasteiger partial charge in [0.05, 0.1) is 12.6 Å². The Balaban J connectivity index is 0.00000312. The average Bonchev–Trinajstić information content (AvgIpc) is 2.56. The lowest BCUT2D eigenvalue weighted by Gasteiger charge is -2.23. The Morgan fingerprint density at radius 1 is 1.16 bits per heavy atom. The Labute approximate surface area is 166 Å². The van der Waals surface area contributed by atoms with Crippen LogP contribution < -0.4 is 11.1 Å². The van der Waals surface area contributed by atoms with Crippen molar-refractivity contribution in [1.82, 2.24) is 10.2 Å². The molecule has 0 aromatic heterocycles. The van der Waals surface area contributed by atoms with Gasteiger partial charge in [-0.3, -0.25) is 4.99 Å². The van der Waals surface area contributed by atoms with Gasteiger partial charge in [0, 0.05) is 6.54 Å². The van der Waals surface area contributed by atoms with Crippen molar-refractivity contribution in [2.75, 3.05) is 27.2 Å². The molecule has 0 aliphatic carbocycles. The molecule has 1 unspecified atom stereocenters. The number of rotatable bonds is 7. The van der Waals surface area contributed by atoms with Crippen LogP contribution in [0.1, 0.15) is 17.2 Å². The summed E-state index contributed by atoms with van der Waals surface area (Å²) in [4.78, 5) is 6.41. The van der Waals surface area contributed by atoms with Crippen LogP contribution in [0, 0.1) is 5.82 Å². The summed E-state index contributed by atoms with van der Waals surface area (Å²) in [6, 6.07) is 16.8. The summed E-state index contributed by atoms with van der Waals surface area (Å²) < 4.78 is 13.4. The summed E-state index contributed by atoms with van der Waals surface area (Å²) in [5, 5.41) is 3.12. The highest BCUT2D eigenvalue weighted by atomic mass is 127. The van der Waals surface area contributed by atoms with Crippen molar-refractivity contribution in [3.63, 3.8) is 0 Å². The lowest BCUT2D eigenvalue weighted by molar-refractivity contribution is 0.305. The molecule has 3 N–H and O–H groups in total. The van der Waals surface area contributed by atoms with E-state index in [0.717, 1.165) is 18.5 Å². The number of hydrogen-bond acceptors (Lipinski definition) is 2. The van der Waals surface area contributed by atoms with Gasteiger partial charge in [-0.05, 0) is 43.8 Å². The Morgan fingerprint density at radius 2 is 1.88 bits per heavy atom. The zero-order valence-electron chi connectivity index (χ0n) is 14.7. The minimum absolute atomic E-state index is 0. The SMILES string of the molecule is CN(C)C(CN=C(N)NCCc1ccccc1)c1cccc(F)c1.I. The fourth-order valence-electron chi connectivity index (χ4n) is 2.50. The van der Waals surface area contributed by atoms with Crippen molar-refractivity contribution in [2.45, 2.75) is 12.5 Å². The molecule has 0 saturated carbocycles. The summed E-state index contributed by atoms with van der Waals surface area (Å²) in [5.74, 6) is 0.173. The van der Waals surface area contributed by atoms with E-state index in [1.807, 2.05) is 43.3 Å². The van der Waals surface area contributed by atoms with Crippen LogP contribution >= 0.6 is 24.0 Å². The van der Waals surface area contributed by atoms with E-state index in [0.29, 0.717) is 12.5 Å². The first kappa shape index (κ1) is 21.4. The number of nitrogens with zero attached hydrogens (tertiary/aromatic N) is 2. The molecule has 0 saturated heterocycles. The van der Waals surface area contributed by atoms with E-state index in [2.05, 4.69) is 22.4 Å². The lowest BCUT2D eigenvalue weighted by Crippen LogP contribution is -2.34. The topological polar surface area (TPSA) is 53.6 Å². The largest absolute Gasteiger partial charge is 0.370 e. The second kappa shape index (κ2) is 11.0. The molecule has 4 nitrogen and oxygen atoms in total. The van der Waals surface area contributed by atoms with Crippen LogP contribution in [0.4, 0.5) is 4.39 Å². The summed E-state index contributed by atoms with van der Waals surface area (Å²) in [5.41, 5.74) is 8.08. The second-order valence-corrected chi connectivity index (χ2v) is 5.92. The molecular formula is C19H26FIN4. The normalized spacial score (nSPS) is 12.6.